The molecule has 7 heteroatoms. The molecule has 1 spiro atoms. The molecule has 5 rings (SSSR count). The normalized spacial score (nSPS) is 21.4. The van der Waals surface area contributed by atoms with Crippen LogP contribution >= 0.6 is 0 Å². The summed E-state index contributed by atoms with van der Waals surface area (Å²) in [6, 6.07) is 14.4. The minimum absolute atomic E-state index is 0.147. The minimum atomic E-state index is -0.771. The van der Waals surface area contributed by atoms with Crippen molar-refractivity contribution in [2.45, 2.75) is 44.2 Å². The Morgan fingerprint density at radius 1 is 0.906 bits per heavy atom. The predicted molar refractivity (Wildman–Crippen MR) is 122 cm³/mol. The molecular formula is C25H30N4O3. The monoisotopic (exact) mass is 434 g/mol. The second-order valence-electron chi connectivity index (χ2n) is 9.26. The van der Waals surface area contributed by atoms with E-state index in [1.54, 1.807) is 4.90 Å². The number of piperazine rings is 1. The highest BCUT2D eigenvalue weighted by Crippen LogP contribution is 2.33. The Bertz CT molecular complexity index is 1030. The summed E-state index contributed by atoms with van der Waals surface area (Å²) >= 11 is 0. The molecule has 1 saturated carbocycles. The van der Waals surface area contributed by atoms with E-state index in [0.29, 0.717) is 25.9 Å². The van der Waals surface area contributed by atoms with Crippen molar-refractivity contribution in [2.24, 2.45) is 0 Å². The molecule has 168 valence electrons. The maximum Gasteiger partial charge on any atom is 0.325 e. The van der Waals surface area contributed by atoms with Crippen LogP contribution in [0.3, 0.4) is 0 Å². The van der Waals surface area contributed by atoms with Crippen LogP contribution in [0.15, 0.2) is 42.5 Å². The number of hydrogen-bond acceptors (Lipinski definition) is 4. The van der Waals surface area contributed by atoms with Gasteiger partial charge in [0, 0.05) is 32.7 Å². The highest BCUT2D eigenvalue weighted by atomic mass is 16.2. The Hall–Kier alpha value is -2.93. The van der Waals surface area contributed by atoms with E-state index in [9.17, 15) is 14.4 Å². The van der Waals surface area contributed by atoms with Crippen LogP contribution in [0.2, 0.25) is 0 Å². The van der Waals surface area contributed by atoms with Crippen LogP contribution in [-0.2, 0) is 16.1 Å². The number of nitrogens with zero attached hydrogens (tertiary/aromatic N) is 3. The van der Waals surface area contributed by atoms with E-state index in [4.69, 9.17) is 0 Å². The first kappa shape index (κ1) is 20.9. The molecule has 4 amide bonds. The highest BCUT2D eigenvalue weighted by molar-refractivity contribution is 6.09. The molecule has 2 aromatic carbocycles. The Kier molecular flexibility index (Phi) is 5.59. The lowest BCUT2D eigenvalue weighted by molar-refractivity contribution is -0.140. The first-order valence-electron chi connectivity index (χ1n) is 11.7. The third-order valence-corrected chi connectivity index (χ3v) is 7.25. The van der Waals surface area contributed by atoms with E-state index >= 15 is 0 Å². The number of carbonyl (C=O) groups excluding carboxylic acids is 3. The average molecular weight is 435 g/mol. The quantitative estimate of drug-likeness (QED) is 0.751. The van der Waals surface area contributed by atoms with E-state index in [-0.39, 0.29) is 18.4 Å². The molecule has 3 aliphatic rings. The summed E-state index contributed by atoms with van der Waals surface area (Å²) in [7, 11) is 0. The van der Waals surface area contributed by atoms with Crippen molar-refractivity contribution in [2.75, 3.05) is 32.7 Å². The predicted octanol–water partition coefficient (Wildman–Crippen LogP) is 2.74. The van der Waals surface area contributed by atoms with Crippen LogP contribution in [0.4, 0.5) is 4.79 Å². The summed E-state index contributed by atoms with van der Waals surface area (Å²) in [5, 5.41) is 5.39. The van der Waals surface area contributed by atoms with Gasteiger partial charge in [0.05, 0.1) is 0 Å². The number of nitrogens with one attached hydrogen (secondary N) is 1. The van der Waals surface area contributed by atoms with E-state index in [0.717, 1.165) is 43.8 Å². The fourth-order valence-corrected chi connectivity index (χ4v) is 5.38. The van der Waals surface area contributed by atoms with E-state index in [1.807, 2.05) is 0 Å². The zero-order valence-electron chi connectivity index (χ0n) is 18.4. The van der Waals surface area contributed by atoms with Gasteiger partial charge in [-0.25, -0.2) is 4.79 Å². The Morgan fingerprint density at radius 2 is 1.62 bits per heavy atom. The molecule has 0 unspecified atom stereocenters. The summed E-state index contributed by atoms with van der Waals surface area (Å²) in [4.78, 5) is 43.6. The van der Waals surface area contributed by atoms with Crippen molar-refractivity contribution in [1.82, 2.24) is 20.0 Å². The first-order valence-corrected chi connectivity index (χ1v) is 11.7. The Labute approximate surface area is 188 Å². The highest BCUT2D eigenvalue weighted by Gasteiger charge is 2.51. The van der Waals surface area contributed by atoms with Crippen LogP contribution in [0.5, 0.6) is 0 Å². The van der Waals surface area contributed by atoms with Gasteiger partial charge in [-0.1, -0.05) is 61.7 Å². The van der Waals surface area contributed by atoms with Gasteiger partial charge >= 0.3 is 6.03 Å². The molecule has 0 radical (unpaired) electrons. The molecule has 2 aromatic rings. The molecule has 7 nitrogen and oxygen atoms in total. The third kappa shape index (κ3) is 3.86. The van der Waals surface area contributed by atoms with E-state index in [2.05, 4.69) is 52.7 Å². The summed E-state index contributed by atoms with van der Waals surface area (Å²) in [5.74, 6) is -0.365. The lowest BCUT2D eigenvalue weighted by Gasteiger charge is -2.35. The van der Waals surface area contributed by atoms with Crippen LogP contribution in [0, 0.1) is 0 Å². The summed E-state index contributed by atoms with van der Waals surface area (Å²) in [5.41, 5.74) is 0.521. The van der Waals surface area contributed by atoms with Crippen molar-refractivity contribution in [3.05, 3.63) is 48.0 Å². The van der Waals surface area contributed by atoms with Crippen molar-refractivity contribution < 1.29 is 14.4 Å². The molecule has 2 saturated heterocycles. The summed E-state index contributed by atoms with van der Waals surface area (Å²) in [6.45, 7) is 3.46. The molecule has 32 heavy (non-hydrogen) atoms. The first-order chi connectivity index (χ1) is 15.6. The SMILES string of the molecule is O=C(CN1C(=O)NC2(CCCCC2)C1=O)N1CCN(Cc2cccc3ccccc23)CC1. The fraction of sp³-hybridized carbons (Fsp3) is 0.480. The lowest BCUT2D eigenvalue weighted by atomic mass is 9.82. The zero-order chi connectivity index (χ0) is 22.1. The maximum atomic E-state index is 12.9. The molecule has 3 fully saturated rings. The van der Waals surface area contributed by atoms with Crippen molar-refractivity contribution in [1.29, 1.82) is 0 Å². The average Bonchev–Trinajstić information content (AvgIpc) is 3.04. The smallest absolute Gasteiger partial charge is 0.325 e. The van der Waals surface area contributed by atoms with Crippen LogP contribution in [0.1, 0.15) is 37.7 Å². The van der Waals surface area contributed by atoms with Crippen molar-refractivity contribution >= 4 is 28.6 Å². The Balaban J connectivity index is 1.17. The molecule has 1 N–H and O–H groups in total. The molecule has 0 aromatic heterocycles. The van der Waals surface area contributed by atoms with Gasteiger partial charge in [0.1, 0.15) is 12.1 Å². The third-order valence-electron chi connectivity index (χ3n) is 7.25. The number of carbonyl (C=O) groups is 3. The molecule has 1 aliphatic carbocycles. The van der Waals surface area contributed by atoms with E-state index in [1.165, 1.54) is 16.3 Å². The van der Waals surface area contributed by atoms with Crippen LogP contribution < -0.4 is 5.32 Å². The standard InChI is InChI=1S/C25H30N4O3/c30-22(18-29-23(31)25(26-24(29)32)11-4-1-5-12-25)28-15-13-27(14-16-28)17-20-9-6-8-19-7-2-3-10-21(19)20/h2-3,6-10H,1,4-5,11-18H2,(H,26,32). The van der Waals surface area contributed by atoms with Crippen LogP contribution in [0.25, 0.3) is 10.8 Å². The zero-order valence-corrected chi connectivity index (χ0v) is 18.4. The van der Waals surface area contributed by atoms with Crippen molar-refractivity contribution in [3.8, 4) is 0 Å². The molecular weight excluding hydrogens is 404 g/mol. The number of rotatable bonds is 4. The minimum Gasteiger partial charge on any atom is -0.339 e. The second kappa shape index (κ2) is 8.54. The Morgan fingerprint density at radius 3 is 2.41 bits per heavy atom. The van der Waals surface area contributed by atoms with Crippen molar-refractivity contribution in [3.63, 3.8) is 0 Å². The van der Waals surface area contributed by atoms with Gasteiger partial charge in [-0.15, -0.1) is 0 Å². The van der Waals surface area contributed by atoms with Gasteiger partial charge in [0.15, 0.2) is 0 Å². The van der Waals surface area contributed by atoms with Crippen LogP contribution in [-0.4, -0.2) is 70.8 Å². The summed E-state index contributed by atoms with van der Waals surface area (Å²) in [6.07, 6.45) is 4.32. The van der Waals surface area contributed by atoms with Gasteiger partial charge in [-0.2, -0.15) is 0 Å². The van der Waals surface area contributed by atoms with Gasteiger partial charge in [-0.05, 0) is 29.2 Å². The topological polar surface area (TPSA) is 73.0 Å². The fourth-order valence-electron chi connectivity index (χ4n) is 5.38. The number of urea groups is 1. The number of amides is 4. The maximum absolute atomic E-state index is 12.9. The lowest BCUT2D eigenvalue weighted by Crippen LogP contribution is -2.52. The molecule has 2 heterocycles. The number of hydrogen-bond donors (Lipinski definition) is 1. The van der Waals surface area contributed by atoms with E-state index < -0.39 is 11.6 Å². The largest absolute Gasteiger partial charge is 0.339 e. The number of imide groups is 1. The molecule has 0 atom stereocenters. The number of benzene rings is 2. The molecule has 0 bridgehead atoms. The van der Waals surface area contributed by atoms with Gasteiger partial charge in [0.2, 0.25) is 5.91 Å². The summed E-state index contributed by atoms with van der Waals surface area (Å²) < 4.78 is 0. The van der Waals surface area contributed by atoms with Gasteiger partial charge in [0.25, 0.3) is 5.91 Å². The van der Waals surface area contributed by atoms with Gasteiger partial charge < -0.3 is 10.2 Å². The van der Waals surface area contributed by atoms with Gasteiger partial charge in [-0.3, -0.25) is 19.4 Å². The second-order valence-corrected chi connectivity index (χ2v) is 9.26. The number of fused-ring (bicyclic) bond motifs is 1. The molecule has 2 aliphatic heterocycles.